The van der Waals surface area contributed by atoms with Crippen molar-refractivity contribution in [3.05, 3.63) is 74.4 Å². The fourth-order valence-corrected chi connectivity index (χ4v) is 2.98. The molecule has 1 amide bonds. The van der Waals surface area contributed by atoms with Crippen LogP contribution in [0.5, 0.6) is 0 Å². The largest absolute Gasteiger partial charge is 0.355 e. The minimum atomic E-state index is -1.05. The molecule has 0 saturated carbocycles. The van der Waals surface area contributed by atoms with Gasteiger partial charge in [0.15, 0.2) is 0 Å². The maximum absolute atomic E-state index is 14.3. The van der Waals surface area contributed by atoms with Crippen molar-refractivity contribution in [2.75, 3.05) is 6.54 Å². The monoisotopic (exact) mass is 387 g/mol. The Morgan fingerprint density at radius 3 is 2.54 bits per heavy atom. The van der Waals surface area contributed by atoms with Crippen molar-refractivity contribution in [2.24, 2.45) is 0 Å². The van der Waals surface area contributed by atoms with E-state index in [2.05, 4.69) is 5.32 Å². The van der Waals surface area contributed by atoms with Gasteiger partial charge in [-0.25, -0.2) is 18.1 Å². The molecule has 3 rings (SSSR count). The average Bonchev–Trinajstić information content (AvgIpc) is 2.65. The molecule has 3 aromatic rings. The van der Waals surface area contributed by atoms with Gasteiger partial charge < -0.3 is 5.32 Å². The Labute approximate surface area is 159 Å². The number of carbonyl (C=O) groups is 1. The Hall–Kier alpha value is -3.29. The van der Waals surface area contributed by atoms with Crippen molar-refractivity contribution >= 4 is 16.8 Å². The highest BCUT2D eigenvalue weighted by atomic mass is 19.1. The van der Waals surface area contributed by atoms with Gasteiger partial charge in [0.25, 0.3) is 5.56 Å². The number of hydrogen-bond acceptors (Lipinski definition) is 3. The zero-order chi connectivity index (χ0) is 20.4. The number of amides is 1. The van der Waals surface area contributed by atoms with Crippen LogP contribution in [0.15, 0.2) is 46.0 Å². The summed E-state index contributed by atoms with van der Waals surface area (Å²) < 4.78 is 29.3. The van der Waals surface area contributed by atoms with Crippen LogP contribution in [-0.2, 0) is 11.3 Å². The number of nitrogens with one attached hydrogen (secondary N) is 1. The van der Waals surface area contributed by atoms with Crippen LogP contribution in [0.3, 0.4) is 0 Å². The van der Waals surface area contributed by atoms with E-state index in [0.717, 1.165) is 28.7 Å². The second kappa shape index (κ2) is 7.75. The Morgan fingerprint density at radius 1 is 1.11 bits per heavy atom. The molecule has 1 heterocycles. The van der Waals surface area contributed by atoms with Crippen LogP contribution in [0.1, 0.15) is 18.9 Å². The third-order valence-electron chi connectivity index (χ3n) is 4.32. The molecule has 6 nitrogen and oxygen atoms in total. The molecule has 0 radical (unpaired) electrons. The highest BCUT2D eigenvalue weighted by Crippen LogP contribution is 2.15. The van der Waals surface area contributed by atoms with Gasteiger partial charge in [-0.05, 0) is 37.6 Å². The molecule has 0 unspecified atom stereocenters. The number of nitrogens with zero attached hydrogens (tertiary/aromatic N) is 2. The number of aryl methyl sites for hydroxylation is 1. The molecule has 0 spiro atoms. The van der Waals surface area contributed by atoms with Crippen LogP contribution >= 0.6 is 0 Å². The molecule has 0 saturated heterocycles. The van der Waals surface area contributed by atoms with Gasteiger partial charge in [0.05, 0.1) is 16.6 Å². The quantitative estimate of drug-likeness (QED) is 0.730. The number of aromatic nitrogens is 2. The molecule has 28 heavy (non-hydrogen) atoms. The van der Waals surface area contributed by atoms with Gasteiger partial charge in [-0.1, -0.05) is 18.6 Å². The van der Waals surface area contributed by atoms with E-state index in [-0.39, 0.29) is 23.1 Å². The van der Waals surface area contributed by atoms with Crippen LogP contribution < -0.4 is 16.6 Å². The third kappa shape index (κ3) is 3.58. The Kier molecular flexibility index (Phi) is 5.39. The van der Waals surface area contributed by atoms with Crippen molar-refractivity contribution in [3.8, 4) is 5.69 Å². The highest BCUT2D eigenvalue weighted by Gasteiger charge is 2.19. The standard InChI is InChI=1S/C20H19F2N3O3/c1-3-8-23-18(26)11-24-16-6-4-12(2)9-14(16)19(27)25(20(24)28)17-7-5-13(21)10-15(17)22/h4-7,9-10H,3,8,11H2,1-2H3,(H,23,26). The number of fused-ring (bicyclic) bond motifs is 1. The lowest BCUT2D eigenvalue weighted by Crippen LogP contribution is -2.42. The minimum absolute atomic E-state index is 0.159. The fourth-order valence-electron chi connectivity index (χ4n) is 2.98. The van der Waals surface area contributed by atoms with Crippen molar-refractivity contribution in [3.63, 3.8) is 0 Å². The number of rotatable bonds is 5. The molecule has 0 fully saturated rings. The minimum Gasteiger partial charge on any atom is -0.355 e. The van der Waals surface area contributed by atoms with Gasteiger partial charge in [0.1, 0.15) is 18.2 Å². The summed E-state index contributed by atoms with van der Waals surface area (Å²) in [6.07, 6.45) is 0.723. The van der Waals surface area contributed by atoms with Crippen molar-refractivity contribution in [2.45, 2.75) is 26.8 Å². The second-order valence-electron chi connectivity index (χ2n) is 6.48. The zero-order valence-corrected chi connectivity index (χ0v) is 15.5. The topological polar surface area (TPSA) is 73.1 Å². The van der Waals surface area contributed by atoms with E-state index < -0.39 is 28.8 Å². The Balaban J connectivity index is 2.31. The van der Waals surface area contributed by atoms with Gasteiger partial charge >= 0.3 is 5.69 Å². The summed E-state index contributed by atoms with van der Waals surface area (Å²) >= 11 is 0. The van der Waals surface area contributed by atoms with E-state index >= 15 is 0 Å². The molecule has 0 aliphatic rings. The normalized spacial score (nSPS) is 11.0. The molecule has 146 valence electrons. The molecule has 1 N–H and O–H groups in total. The van der Waals surface area contributed by atoms with Crippen LogP contribution in [0.4, 0.5) is 8.78 Å². The summed E-state index contributed by atoms with van der Waals surface area (Å²) in [6.45, 7) is 3.77. The SMILES string of the molecule is CCCNC(=O)Cn1c(=O)n(-c2ccc(F)cc2F)c(=O)c2cc(C)ccc21. The van der Waals surface area contributed by atoms with Crippen molar-refractivity contribution in [1.82, 2.24) is 14.5 Å². The summed E-state index contributed by atoms with van der Waals surface area (Å²) in [4.78, 5) is 38.2. The molecular formula is C20H19F2N3O3. The van der Waals surface area contributed by atoms with Crippen molar-refractivity contribution in [1.29, 1.82) is 0 Å². The summed E-state index contributed by atoms with van der Waals surface area (Å²) in [6, 6.07) is 7.44. The fraction of sp³-hybridized carbons (Fsp3) is 0.250. The smallest absolute Gasteiger partial charge is 0.336 e. The van der Waals surface area contributed by atoms with Crippen LogP contribution in [0, 0.1) is 18.6 Å². The van der Waals surface area contributed by atoms with Gasteiger partial charge in [-0.15, -0.1) is 0 Å². The zero-order valence-electron chi connectivity index (χ0n) is 15.5. The van der Waals surface area contributed by atoms with Gasteiger partial charge in [-0.3, -0.25) is 14.2 Å². The van der Waals surface area contributed by atoms with E-state index in [1.54, 1.807) is 25.1 Å². The average molecular weight is 387 g/mol. The maximum atomic E-state index is 14.3. The van der Waals surface area contributed by atoms with Gasteiger partial charge in [0, 0.05) is 12.6 Å². The van der Waals surface area contributed by atoms with Gasteiger partial charge in [-0.2, -0.15) is 0 Å². The first-order chi connectivity index (χ1) is 13.3. The lowest BCUT2D eigenvalue weighted by atomic mass is 10.1. The lowest BCUT2D eigenvalue weighted by Gasteiger charge is -2.15. The van der Waals surface area contributed by atoms with E-state index in [9.17, 15) is 23.2 Å². The van der Waals surface area contributed by atoms with E-state index in [4.69, 9.17) is 0 Å². The van der Waals surface area contributed by atoms with Gasteiger partial charge in [0.2, 0.25) is 5.91 Å². The second-order valence-corrected chi connectivity index (χ2v) is 6.48. The number of carbonyl (C=O) groups excluding carboxylic acids is 1. The summed E-state index contributed by atoms with van der Waals surface area (Å²) in [5.41, 5.74) is -0.956. The molecule has 0 aliphatic heterocycles. The molecule has 2 aromatic carbocycles. The summed E-state index contributed by atoms with van der Waals surface area (Å²) in [5, 5.41) is 2.83. The molecule has 0 atom stereocenters. The Morgan fingerprint density at radius 2 is 1.86 bits per heavy atom. The first-order valence-corrected chi connectivity index (χ1v) is 8.81. The van der Waals surface area contributed by atoms with E-state index in [1.807, 2.05) is 6.92 Å². The lowest BCUT2D eigenvalue weighted by molar-refractivity contribution is -0.121. The molecule has 0 bridgehead atoms. The third-order valence-corrected chi connectivity index (χ3v) is 4.32. The first kappa shape index (κ1) is 19.5. The summed E-state index contributed by atoms with van der Waals surface area (Å²) in [5.74, 6) is -2.28. The molecule has 1 aromatic heterocycles. The molecule has 8 heteroatoms. The number of halogens is 2. The van der Waals surface area contributed by atoms with E-state index in [0.29, 0.717) is 17.2 Å². The molecule has 0 aliphatic carbocycles. The van der Waals surface area contributed by atoms with Crippen LogP contribution in [0.25, 0.3) is 16.6 Å². The van der Waals surface area contributed by atoms with Crippen LogP contribution in [-0.4, -0.2) is 21.6 Å². The van der Waals surface area contributed by atoms with E-state index in [1.165, 1.54) is 0 Å². The molecular weight excluding hydrogens is 368 g/mol. The predicted octanol–water partition coefficient (Wildman–Crippen LogP) is 2.27. The van der Waals surface area contributed by atoms with Crippen LogP contribution in [0.2, 0.25) is 0 Å². The number of benzene rings is 2. The summed E-state index contributed by atoms with van der Waals surface area (Å²) in [7, 11) is 0. The highest BCUT2D eigenvalue weighted by molar-refractivity contribution is 5.82. The maximum Gasteiger partial charge on any atom is 0.336 e. The predicted molar refractivity (Wildman–Crippen MR) is 102 cm³/mol. The number of hydrogen-bond donors (Lipinski definition) is 1. The Bertz CT molecular complexity index is 1180. The first-order valence-electron chi connectivity index (χ1n) is 8.81. The van der Waals surface area contributed by atoms with Crippen molar-refractivity contribution < 1.29 is 13.6 Å².